The molecular weight excluding hydrogens is 498 g/mol. The molecule has 0 unspecified atom stereocenters. The second-order valence-corrected chi connectivity index (χ2v) is 8.36. The van der Waals surface area contributed by atoms with E-state index in [1.165, 1.54) is 24.4 Å². The van der Waals surface area contributed by atoms with Crippen molar-refractivity contribution in [3.63, 3.8) is 0 Å². The molecule has 5 rings (SSSR count). The Morgan fingerprint density at radius 3 is 2.41 bits per heavy atom. The highest BCUT2D eigenvalue weighted by molar-refractivity contribution is 5.92. The molecular formula is C29H21N5O5. The lowest BCUT2D eigenvalue weighted by Gasteiger charge is -2.11. The molecule has 0 fully saturated rings. The number of hydrogen-bond donors (Lipinski definition) is 1. The number of carbonyl (C=O) groups is 1. The Morgan fingerprint density at radius 2 is 1.67 bits per heavy atom. The SMILES string of the molecule is O=C(COc1ccc([N+](=O)[O-])cc1C=Nn1c(-c2ccccc2)nc2ccccc2c1=O)Nc1ccccc1. The van der Waals surface area contributed by atoms with Gasteiger partial charge in [0.2, 0.25) is 0 Å². The topological polar surface area (TPSA) is 129 Å². The van der Waals surface area contributed by atoms with Crippen molar-refractivity contribution in [1.82, 2.24) is 9.66 Å². The van der Waals surface area contributed by atoms with Gasteiger partial charge in [-0.3, -0.25) is 19.7 Å². The fourth-order valence-corrected chi connectivity index (χ4v) is 3.87. The molecule has 1 aromatic heterocycles. The van der Waals surface area contributed by atoms with E-state index >= 15 is 0 Å². The van der Waals surface area contributed by atoms with E-state index in [-0.39, 0.29) is 23.6 Å². The van der Waals surface area contributed by atoms with Crippen LogP contribution in [-0.4, -0.2) is 33.3 Å². The molecule has 1 N–H and O–H groups in total. The molecule has 1 amide bonds. The second kappa shape index (κ2) is 11.2. The number of aromatic nitrogens is 2. The Balaban J connectivity index is 1.52. The molecule has 4 aromatic carbocycles. The summed E-state index contributed by atoms with van der Waals surface area (Å²) in [5.41, 5.74) is 1.36. The first kappa shape index (κ1) is 25.0. The Labute approximate surface area is 222 Å². The predicted octanol–water partition coefficient (Wildman–Crippen LogP) is 4.87. The van der Waals surface area contributed by atoms with E-state index in [0.29, 0.717) is 28.0 Å². The van der Waals surface area contributed by atoms with Crippen LogP contribution in [0, 0.1) is 10.1 Å². The van der Waals surface area contributed by atoms with E-state index in [4.69, 9.17) is 4.74 Å². The number of non-ortho nitro benzene ring substituents is 1. The molecule has 10 nitrogen and oxygen atoms in total. The van der Waals surface area contributed by atoms with Crippen molar-refractivity contribution in [2.75, 3.05) is 11.9 Å². The summed E-state index contributed by atoms with van der Waals surface area (Å²) in [6, 6.07) is 28.8. The number of nitro benzene ring substituents is 1. The number of para-hydroxylation sites is 2. The number of carbonyl (C=O) groups excluding carboxylic acids is 1. The quantitative estimate of drug-likeness (QED) is 0.177. The molecule has 192 valence electrons. The van der Waals surface area contributed by atoms with E-state index in [0.717, 1.165) is 4.68 Å². The smallest absolute Gasteiger partial charge is 0.282 e. The van der Waals surface area contributed by atoms with Gasteiger partial charge in [-0.1, -0.05) is 60.7 Å². The Bertz CT molecular complexity index is 1750. The first-order valence-corrected chi connectivity index (χ1v) is 11.9. The maximum atomic E-state index is 13.4. The lowest BCUT2D eigenvalue weighted by atomic mass is 10.2. The van der Waals surface area contributed by atoms with Gasteiger partial charge in [-0.25, -0.2) is 4.98 Å². The average Bonchev–Trinajstić information content (AvgIpc) is 2.96. The summed E-state index contributed by atoms with van der Waals surface area (Å²) >= 11 is 0. The maximum absolute atomic E-state index is 13.4. The van der Waals surface area contributed by atoms with Gasteiger partial charge in [0.25, 0.3) is 17.2 Å². The Kier molecular flexibility index (Phi) is 7.17. The molecule has 0 saturated heterocycles. The van der Waals surface area contributed by atoms with Crippen LogP contribution in [0.2, 0.25) is 0 Å². The number of fused-ring (bicyclic) bond motifs is 1. The fraction of sp³-hybridized carbons (Fsp3) is 0.0345. The molecule has 0 spiro atoms. The number of anilines is 1. The zero-order valence-corrected chi connectivity index (χ0v) is 20.4. The lowest BCUT2D eigenvalue weighted by Crippen LogP contribution is -2.21. The van der Waals surface area contributed by atoms with E-state index in [1.807, 2.05) is 24.3 Å². The van der Waals surface area contributed by atoms with Crippen LogP contribution in [0.4, 0.5) is 11.4 Å². The summed E-state index contributed by atoms with van der Waals surface area (Å²) < 4.78 is 6.82. The minimum Gasteiger partial charge on any atom is -0.483 e. The van der Waals surface area contributed by atoms with Gasteiger partial charge in [-0.15, -0.1) is 0 Å². The van der Waals surface area contributed by atoms with Crippen LogP contribution in [0.25, 0.3) is 22.3 Å². The number of ether oxygens (including phenoxy) is 1. The van der Waals surface area contributed by atoms with Gasteiger partial charge in [-0.2, -0.15) is 9.78 Å². The van der Waals surface area contributed by atoms with Gasteiger partial charge in [0.15, 0.2) is 12.4 Å². The van der Waals surface area contributed by atoms with Gasteiger partial charge in [0, 0.05) is 28.9 Å². The predicted molar refractivity (Wildman–Crippen MR) is 148 cm³/mol. The van der Waals surface area contributed by atoms with Crippen LogP contribution in [0.3, 0.4) is 0 Å². The van der Waals surface area contributed by atoms with Crippen LogP contribution in [0.1, 0.15) is 5.56 Å². The van der Waals surface area contributed by atoms with Crippen LogP contribution < -0.4 is 15.6 Å². The average molecular weight is 520 g/mol. The minimum atomic E-state index is -0.553. The zero-order chi connectivity index (χ0) is 27.2. The third kappa shape index (κ3) is 5.70. The first-order valence-electron chi connectivity index (χ1n) is 11.9. The number of nitrogens with one attached hydrogen (secondary N) is 1. The monoisotopic (exact) mass is 519 g/mol. The second-order valence-electron chi connectivity index (χ2n) is 8.36. The summed E-state index contributed by atoms with van der Waals surface area (Å²) in [4.78, 5) is 41.3. The van der Waals surface area contributed by atoms with Gasteiger partial charge >= 0.3 is 0 Å². The third-order valence-corrected chi connectivity index (χ3v) is 5.72. The van der Waals surface area contributed by atoms with E-state index in [9.17, 15) is 19.7 Å². The molecule has 0 bridgehead atoms. The summed E-state index contributed by atoms with van der Waals surface area (Å²) in [5.74, 6) is 0.0602. The largest absolute Gasteiger partial charge is 0.483 e. The molecule has 10 heteroatoms. The number of benzene rings is 4. The minimum absolute atomic E-state index is 0.177. The summed E-state index contributed by atoms with van der Waals surface area (Å²) in [5, 5.41) is 18.9. The van der Waals surface area contributed by atoms with Gasteiger partial charge in [0.05, 0.1) is 22.0 Å². The number of amides is 1. The summed E-state index contributed by atoms with van der Waals surface area (Å²) in [6.45, 7) is -0.347. The van der Waals surface area contributed by atoms with Gasteiger partial charge in [0.1, 0.15) is 5.75 Å². The van der Waals surface area contributed by atoms with Crippen molar-refractivity contribution in [1.29, 1.82) is 0 Å². The molecule has 1 heterocycles. The number of hydrogen-bond acceptors (Lipinski definition) is 7. The van der Waals surface area contributed by atoms with Crippen LogP contribution in [0.5, 0.6) is 5.75 Å². The van der Waals surface area contributed by atoms with Crippen molar-refractivity contribution in [2.45, 2.75) is 0 Å². The highest BCUT2D eigenvalue weighted by Crippen LogP contribution is 2.24. The lowest BCUT2D eigenvalue weighted by molar-refractivity contribution is -0.384. The molecule has 0 aliphatic rings. The Hall–Kier alpha value is -5.64. The van der Waals surface area contributed by atoms with Crippen molar-refractivity contribution in [2.24, 2.45) is 5.10 Å². The van der Waals surface area contributed by atoms with Crippen molar-refractivity contribution >= 4 is 34.4 Å². The first-order chi connectivity index (χ1) is 19.0. The van der Waals surface area contributed by atoms with Crippen molar-refractivity contribution in [3.05, 3.63) is 129 Å². The van der Waals surface area contributed by atoms with Crippen molar-refractivity contribution in [3.8, 4) is 17.1 Å². The highest BCUT2D eigenvalue weighted by atomic mass is 16.6. The highest BCUT2D eigenvalue weighted by Gasteiger charge is 2.15. The summed E-state index contributed by atoms with van der Waals surface area (Å²) in [6.07, 6.45) is 1.28. The number of nitrogens with zero attached hydrogens (tertiary/aromatic N) is 4. The molecule has 0 radical (unpaired) electrons. The van der Waals surface area contributed by atoms with E-state index in [1.54, 1.807) is 60.7 Å². The summed E-state index contributed by atoms with van der Waals surface area (Å²) in [7, 11) is 0. The van der Waals surface area contributed by atoms with Crippen LogP contribution in [-0.2, 0) is 4.79 Å². The van der Waals surface area contributed by atoms with Crippen LogP contribution >= 0.6 is 0 Å². The van der Waals surface area contributed by atoms with Crippen molar-refractivity contribution < 1.29 is 14.5 Å². The molecule has 5 aromatic rings. The number of rotatable bonds is 8. The third-order valence-electron chi connectivity index (χ3n) is 5.72. The standard InChI is InChI=1S/C29H21N5O5/c35-27(31-22-11-5-2-6-12-22)19-39-26-16-15-23(34(37)38)17-21(26)18-30-33-28(20-9-3-1-4-10-20)32-25-14-8-7-13-24(25)29(33)36/h1-18H,19H2,(H,31,35). The molecule has 0 saturated carbocycles. The molecule has 0 aliphatic carbocycles. The molecule has 0 aliphatic heterocycles. The fourth-order valence-electron chi connectivity index (χ4n) is 3.87. The number of nitro groups is 1. The normalized spacial score (nSPS) is 11.0. The maximum Gasteiger partial charge on any atom is 0.282 e. The van der Waals surface area contributed by atoms with E-state index in [2.05, 4.69) is 15.4 Å². The van der Waals surface area contributed by atoms with Crippen LogP contribution in [0.15, 0.2) is 113 Å². The zero-order valence-electron chi connectivity index (χ0n) is 20.4. The van der Waals surface area contributed by atoms with E-state index < -0.39 is 16.4 Å². The molecule has 39 heavy (non-hydrogen) atoms. The van der Waals surface area contributed by atoms with Gasteiger partial charge < -0.3 is 10.1 Å². The Morgan fingerprint density at radius 1 is 0.974 bits per heavy atom. The van der Waals surface area contributed by atoms with Gasteiger partial charge in [-0.05, 0) is 30.3 Å². The molecule has 0 atom stereocenters.